The van der Waals surface area contributed by atoms with Crippen molar-refractivity contribution >= 4 is 23.4 Å². The van der Waals surface area contributed by atoms with Gasteiger partial charge in [-0.3, -0.25) is 5.32 Å². The van der Waals surface area contributed by atoms with Gasteiger partial charge in [-0.2, -0.15) is 0 Å². The van der Waals surface area contributed by atoms with Crippen LogP contribution < -0.4 is 15.4 Å². The van der Waals surface area contributed by atoms with Crippen LogP contribution in [-0.2, 0) is 0 Å². The Hall–Kier alpha value is -2.21. The van der Waals surface area contributed by atoms with Crippen molar-refractivity contribution in [1.82, 2.24) is 10.5 Å². The van der Waals surface area contributed by atoms with Crippen LogP contribution in [0.5, 0.6) is 5.75 Å². The summed E-state index contributed by atoms with van der Waals surface area (Å²) in [7, 11) is 0. The summed E-state index contributed by atoms with van der Waals surface area (Å²) >= 11 is 5.93. The van der Waals surface area contributed by atoms with E-state index in [9.17, 15) is 4.79 Å². The van der Waals surface area contributed by atoms with Crippen molar-refractivity contribution in [1.29, 1.82) is 0 Å². The van der Waals surface area contributed by atoms with Gasteiger partial charge in [0.05, 0.1) is 11.6 Å². The predicted octanol–water partition coefficient (Wildman–Crippen LogP) is 2.84. The molecule has 20 heavy (non-hydrogen) atoms. The van der Waals surface area contributed by atoms with Gasteiger partial charge in [-0.05, 0) is 19.1 Å². The lowest BCUT2D eigenvalue weighted by Gasteiger charge is -2.08. The summed E-state index contributed by atoms with van der Waals surface area (Å²) in [6.45, 7) is 2.40. The Morgan fingerprint density at radius 3 is 2.95 bits per heavy atom. The number of rotatable bonds is 5. The molecule has 0 radical (unpaired) electrons. The molecule has 6 nitrogen and oxygen atoms in total. The van der Waals surface area contributed by atoms with Gasteiger partial charge in [0.15, 0.2) is 5.82 Å². The fourth-order valence-electron chi connectivity index (χ4n) is 1.47. The fraction of sp³-hybridized carbons (Fsp3) is 0.231. The van der Waals surface area contributed by atoms with Crippen molar-refractivity contribution in [2.75, 3.05) is 18.5 Å². The van der Waals surface area contributed by atoms with E-state index in [-0.39, 0.29) is 6.03 Å². The minimum absolute atomic E-state index is 0.314. The second-order valence-corrected chi connectivity index (χ2v) is 4.39. The molecule has 0 spiro atoms. The molecule has 2 N–H and O–H groups in total. The summed E-state index contributed by atoms with van der Waals surface area (Å²) in [5, 5.41) is 9.35. The van der Waals surface area contributed by atoms with Gasteiger partial charge in [0, 0.05) is 6.07 Å². The van der Waals surface area contributed by atoms with Gasteiger partial charge >= 0.3 is 6.03 Å². The van der Waals surface area contributed by atoms with Gasteiger partial charge in [0.2, 0.25) is 0 Å². The van der Waals surface area contributed by atoms with E-state index in [1.54, 1.807) is 25.1 Å². The Morgan fingerprint density at radius 2 is 2.25 bits per heavy atom. The molecule has 0 aliphatic carbocycles. The summed E-state index contributed by atoms with van der Waals surface area (Å²) in [6, 6.07) is 8.40. The van der Waals surface area contributed by atoms with E-state index in [1.807, 2.05) is 12.1 Å². The largest absolute Gasteiger partial charge is 0.490 e. The Bertz CT molecular complexity index is 586. The SMILES string of the molecule is Cc1cc(NC(=O)NCCOc2ccccc2Cl)no1. The minimum Gasteiger partial charge on any atom is -0.490 e. The molecule has 106 valence electrons. The van der Waals surface area contributed by atoms with Crippen LogP contribution in [0.25, 0.3) is 0 Å². The summed E-state index contributed by atoms with van der Waals surface area (Å²) in [5.41, 5.74) is 0. The zero-order chi connectivity index (χ0) is 14.4. The number of aromatic nitrogens is 1. The highest BCUT2D eigenvalue weighted by Gasteiger charge is 2.05. The van der Waals surface area contributed by atoms with E-state index in [4.69, 9.17) is 20.9 Å². The minimum atomic E-state index is -0.374. The lowest BCUT2D eigenvalue weighted by molar-refractivity contribution is 0.247. The summed E-state index contributed by atoms with van der Waals surface area (Å²) in [4.78, 5) is 11.5. The van der Waals surface area contributed by atoms with Crippen molar-refractivity contribution in [2.24, 2.45) is 0 Å². The average Bonchev–Trinajstić information content (AvgIpc) is 2.82. The number of aryl methyl sites for hydroxylation is 1. The third-order valence-electron chi connectivity index (χ3n) is 2.35. The molecular formula is C13H14ClN3O3. The monoisotopic (exact) mass is 295 g/mol. The third-order valence-corrected chi connectivity index (χ3v) is 2.66. The summed E-state index contributed by atoms with van der Waals surface area (Å²) in [6.07, 6.45) is 0. The van der Waals surface area contributed by atoms with E-state index < -0.39 is 0 Å². The van der Waals surface area contributed by atoms with E-state index in [1.165, 1.54) is 0 Å². The third kappa shape index (κ3) is 4.17. The van der Waals surface area contributed by atoms with Crippen molar-refractivity contribution < 1.29 is 14.1 Å². The Morgan fingerprint density at radius 1 is 1.45 bits per heavy atom. The fourth-order valence-corrected chi connectivity index (χ4v) is 1.66. The number of carbonyl (C=O) groups is 1. The Labute approximate surface area is 121 Å². The van der Waals surface area contributed by atoms with E-state index in [0.29, 0.717) is 35.5 Å². The number of halogens is 1. The van der Waals surface area contributed by atoms with Gasteiger partial charge in [0.1, 0.15) is 18.1 Å². The predicted molar refractivity (Wildman–Crippen MR) is 75.2 cm³/mol. The molecule has 0 aliphatic rings. The van der Waals surface area contributed by atoms with Crippen LogP contribution >= 0.6 is 11.6 Å². The molecule has 0 atom stereocenters. The molecule has 0 fully saturated rings. The number of para-hydroxylation sites is 1. The van der Waals surface area contributed by atoms with Gasteiger partial charge in [-0.25, -0.2) is 4.79 Å². The van der Waals surface area contributed by atoms with Crippen molar-refractivity contribution in [3.8, 4) is 5.75 Å². The molecule has 2 rings (SSSR count). The van der Waals surface area contributed by atoms with Crippen LogP contribution in [0.3, 0.4) is 0 Å². The number of nitrogens with zero attached hydrogens (tertiary/aromatic N) is 1. The molecule has 0 unspecified atom stereocenters. The van der Waals surface area contributed by atoms with Crippen molar-refractivity contribution in [3.63, 3.8) is 0 Å². The maximum absolute atomic E-state index is 11.5. The molecule has 2 aromatic rings. The van der Waals surface area contributed by atoms with Gasteiger partial charge in [-0.1, -0.05) is 28.9 Å². The first-order valence-electron chi connectivity index (χ1n) is 6.00. The maximum Gasteiger partial charge on any atom is 0.320 e. The molecule has 0 saturated carbocycles. The number of ether oxygens (including phenoxy) is 1. The molecule has 0 aliphatic heterocycles. The molecule has 1 heterocycles. The van der Waals surface area contributed by atoms with Crippen molar-refractivity contribution in [2.45, 2.75) is 6.92 Å². The van der Waals surface area contributed by atoms with Crippen LogP contribution in [0.2, 0.25) is 5.02 Å². The maximum atomic E-state index is 11.5. The number of urea groups is 1. The van der Waals surface area contributed by atoms with Crippen LogP contribution in [0.15, 0.2) is 34.9 Å². The quantitative estimate of drug-likeness (QED) is 0.832. The summed E-state index contributed by atoms with van der Waals surface area (Å²) in [5.74, 6) is 1.58. The number of carbonyl (C=O) groups excluding carboxylic acids is 1. The number of nitrogens with one attached hydrogen (secondary N) is 2. The zero-order valence-corrected chi connectivity index (χ0v) is 11.6. The Balaban J connectivity index is 1.68. The number of hydrogen-bond acceptors (Lipinski definition) is 4. The van der Waals surface area contributed by atoms with Crippen LogP contribution in [-0.4, -0.2) is 24.3 Å². The number of amides is 2. The molecule has 1 aromatic carbocycles. The van der Waals surface area contributed by atoms with Crippen LogP contribution in [0.4, 0.5) is 10.6 Å². The average molecular weight is 296 g/mol. The molecule has 1 aromatic heterocycles. The normalized spacial score (nSPS) is 10.1. The lowest BCUT2D eigenvalue weighted by atomic mass is 10.3. The van der Waals surface area contributed by atoms with E-state index >= 15 is 0 Å². The zero-order valence-electron chi connectivity index (χ0n) is 10.9. The Kier molecular flexibility index (Phi) is 4.84. The van der Waals surface area contributed by atoms with Gasteiger partial charge < -0.3 is 14.6 Å². The molecule has 0 saturated heterocycles. The second-order valence-electron chi connectivity index (χ2n) is 3.98. The second kappa shape index (κ2) is 6.81. The molecular weight excluding hydrogens is 282 g/mol. The first kappa shape index (κ1) is 14.2. The highest BCUT2D eigenvalue weighted by molar-refractivity contribution is 6.32. The summed E-state index contributed by atoms with van der Waals surface area (Å²) < 4.78 is 10.3. The molecule has 0 bridgehead atoms. The number of hydrogen-bond donors (Lipinski definition) is 2. The van der Waals surface area contributed by atoms with Crippen molar-refractivity contribution in [3.05, 3.63) is 41.1 Å². The lowest BCUT2D eigenvalue weighted by Crippen LogP contribution is -2.32. The van der Waals surface area contributed by atoms with Crippen LogP contribution in [0.1, 0.15) is 5.76 Å². The van der Waals surface area contributed by atoms with E-state index in [0.717, 1.165) is 0 Å². The first-order valence-corrected chi connectivity index (χ1v) is 6.38. The van der Waals surface area contributed by atoms with Gasteiger partial charge in [-0.15, -0.1) is 0 Å². The first-order chi connectivity index (χ1) is 9.65. The highest BCUT2D eigenvalue weighted by Crippen LogP contribution is 2.22. The molecule has 2 amide bonds. The van der Waals surface area contributed by atoms with E-state index in [2.05, 4.69) is 15.8 Å². The van der Waals surface area contributed by atoms with Gasteiger partial charge in [0.25, 0.3) is 0 Å². The highest BCUT2D eigenvalue weighted by atomic mass is 35.5. The van der Waals surface area contributed by atoms with Crippen LogP contribution in [0, 0.1) is 6.92 Å². The standard InChI is InChI=1S/C13H14ClN3O3/c1-9-8-12(17-20-9)16-13(18)15-6-7-19-11-5-3-2-4-10(11)14/h2-5,8H,6-7H2,1H3,(H2,15,16,17,18). The number of benzene rings is 1. The number of anilines is 1. The smallest absolute Gasteiger partial charge is 0.320 e. The molecule has 7 heteroatoms. The topological polar surface area (TPSA) is 76.4 Å².